The average molecular weight is 223 g/mol. The molecule has 1 nitrogen and oxygen atoms in total. The lowest BCUT2D eigenvalue weighted by molar-refractivity contribution is 1.31. The molecule has 1 heterocycles. The molecule has 0 amide bonds. The first-order chi connectivity index (χ1) is 6.77. The Hall–Kier alpha value is -1.05. The summed E-state index contributed by atoms with van der Waals surface area (Å²) in [5, 5.41) is 1.27. The van der Waals surface area contributed by atoms with Crippen molar-refractivity contribution >= 4 is 23.2 Å². The standard InChI is InChI=1S/C11H6Cl2N/c12-9-1-2-10(11(13)7-9)8-3-5-14-6-4-8/h1-5,7H. The summed E-state index contributed by atoms with van der Waals surface area (Å²) in [6, 6.07) is 9.08. The summed E-state index contributed by atoms with van der Waals surface area (Å²) in [5.74, 6) is 0. The largest absolute Gasteiger partial charge is 0.255 e. The highest BCUT2D eigenvalue weighted by Crippen LogP contribution is 2.29. The summed E-state index contributed by atoms with van der Waals surface area (Å²) in [6.07, 6.45) is 4.44. The van der Waals surface area contributed by atoms with Crippen LogP contribution in [0.15, 0.2) is 36.5 Å². The number of halogens is 2. The van der Waals surface area contributed by atoms with E-state index in [1.54, 1.807) is 18.3 Å². The van der Waals surface area contributed by atoms with Crippen molar-refractivity contribution in [3.63, 3.8) is 0 Å². The van der Waals surface area contributed by atoms with Gasteiger partial charge in [-0.15, -0.1) is 0 Å². The summed E-state index contributed by atoms with van der Waals surface area (Å²) >= 11 is 11.8. The van der Waals surface area contributed by atoms with Gasteiger partial charge >= 0.3 is 0 Å². The Kier molecular flexibility index (Phi) is 2.71. The molecule has 2 aromatic rings. The van der Waals surface area contributed by atoms with E-state index in [1.165, 1.54) is 0 Å². The Bertz CT molecular complexity index is 440. The normalized spacial score (nSPS) is 10.1. The first-order valence-electron chi connectivity index (χ1n) is 4.05. The molecule has 0 fully saturated rings. The number of aromatic nitrogens is 1. The van der Waals surface area contributed by atoms with Crippen molar-refractivity contribution in [2.45, 2.75) is 0 Å². The van der Waals surface area contributed by atoms with Gasteiger partial charge in [0.05, 0.1) is 6.20 Å². The summed E-state index contributed by atoms with van der Waals surface area (Å²) in [4.78, 5) is 3.82. The van der Waals surface area contributed by atoms with Crippen molar-refractivity contribution in [1.82, 2.24) is 4.98 Å². The molecule has 2 rings (SSSR count). The molecule has 3 heteroatoms. The molecule has 0 aliphatic carbocycles. The zero-order valence-corrected chi connectivity index (χ0v) is 8.68. The molecule has 0 saturated carbocycles. The first-order valence-corrected chi connectivity index (χ1v) is 4.80. The van der Waals surface area contributed by atoms with E-state index in [0.29, 0.717) is 10.0 Å². The van der Waals surface area contributed by atoms with Gasteiger partial charge < -0.3 is 0 Å². The minimum atomic E-state index is 0.636. The topological polar surface area (TPSA) is 12.9 Å². The van der Waals surface area contributed by atoms with E-state index in [0.717, 1.165) is 11.1 Å². The third-order valence-electron chi connectivity index (χ3n) is 1.87. The molecule has 1 radical (unpaired) electrons. The van der Waals surface area contributed by atoms with Crippen LogP contribution >= 0.6 is 23.2 Å². The monoisotopic (exact) mass is 222 g/mol. The van der Waals surface area contributed by atoms with Crippen LogP contribution in [-0.2, 0) is 0 Å². The highest BCUT2D eigenvalue weighted by atomic mass is 35.5. The van der Waals surface area contributed by atoms with Crippen molar-refractivity contribution < 1.29 is 0 Å². The molecule has 14 heavy (non-hydrogen) atoms. The zero-order chi connectivity index (χ0) is 9.97. The van der Waals surface area contributed by atoms with Crippen LogP contribution in [0.3, 0.4) is 0 Å². The smallest absolute Gasteiger partial charge is 0.0892 e. The predicted molar refractivity (Wildman–Crippen MR) is 58.5 cm³/mol. The van der Waals surface area contributed by atoms with E-state index in [4.69, 9.17) is 23.2 Å². The van der Waals surface area contributed by atoms with Gasteiger partial charge in [-0.25, -0.2) is 0 Å². The van der Waals surface area contributed by atoms with Crippen LogP contribution in [0, 0.1) is 6.20 Å². The number of rotatable bonds is 1. The molecule has 0 atom stereocenters. The van der Waals surface area contributed by atoms with E-state index in [1.807, 2.05) is 18.2 Å². The summed E-state index contributed by atoms with van der Waals surface area (Å²) in [5.41, 5.74) is 1.93. The second-order valence-electron chi connectivity index (χ2n) is 2.80. The molecule has 0 N–H and O–H groups in total. The minimum Gasteiger partial charge on any atom is -0.255 e. The molecule has 1 aromatic carbocycles. The number of hydrogen-bond donors (Lipinski definition) is 0. The van der Waals surface area contributed by atoms with Crippen molar-refractivity contribution in [3.05, 3.63) is 52.8 Å². The van der Waals surface area contributed by atoms with Gasteiger partial charge in [-0.05, 0) is 29.8 Å². The number of pyridine rings is 1. The second kappa shape index (κ2) is 3.99. The Morgan fingerprint density at radius 1 is 1.14 bits per heavy atom. The Balaban J connectivity index is 2.53. The molecule has 0 bridgehead atoms. The summed E-state index contributed by atoms with van der Waals surface area (Å²) < 4.78 is 0. The predicted octanol–water partition coefficient (Wildman–Crippen LogP) is 3.86. The van der Waals surface area contributed by atoms with Gasteiger partial charge in [0.2, 0.25) is 0 Å². The number of hydrogen-bond acceptors (Lipinski definition) is 1. The van der Waals surface area contributed by atoms with Crippen LogP contribution in [-0.4, -0.2) is 4.98 Å². The molecular weight excluding hydrogens is 217 g/mol. The van der Waals surface area contributed by atoms with Crippen LogP contribution < -0.4 is 0 Å². The van der Waals surface area contributed by atoms with Crippen molar-refractivity contribution in [3.8, 4) is 11.1 Å². The number of benzene rings is 1. The van der Waals surface area contributed by atoms with Crippen LogP contribution in [0.4, 0.5) is 0 Å². The summed E-state index contributed by atoms with van der Waals surface area (Å²) in [7, 11) is 0. The molecule has 1 aromatic heterocycles. The van der Waals surface area contributed by atoms with Crippen LogP contribution in [0.25, 0.3) is 11.1 Å². The highest BCUT2D eigenvalue weighted by Gasteiger charge is 2.02. The fraction of sp³-hybridized carbons (Fsp3) is 0. The van der Waals surface area contributed by atoms with Gasteiger partial charge in [-0.1, -0.05) is 29.3 Å². The molecule has 0 aliphatic heterocycles. The van der Waals surface area contributed by atoms with Gasteiger partial charge in [-0.3, -0.25) is 4.98 Å². The SMILES string of the molecule is Clc1ccc(-c2c[c]ncc2)c(Cl)c1. The Morgan fingerprint density at radius 2 is 2.00 bits per heavy atom. The maximum atomic E-state index is 6.05. The zero-order valence-electron chi connectivity index (χ0n) is 7.17. The van der Waals surface area contributed by atoms with Gasteiger partial charge in [0.25, 0.3) is 0 Å². The Labute approximate surface area is 92.3 Å². The van der Waals surface area contributed by atoms with E-state index in [-0.39, 0.29) is 0 Å². The maximum absolute atomic E-state index is 6.05. The maximum Gasteiger partial charge on any atom is 0.0892 e. The quantitative estimate of drug-likeness (QED) is 0.715. The van der Waals surface area contributed by atoms with Gasteiger partial charge in [0.15, 0.2) is 0 Å². The van der Waals surface area contributed by atoms with Gasteiger partial charge in [0.1, 0.15) is 0 Å². The molecule has 0 unspecified atom stereocenters. The van der Waals surface area contributed by atoms with Crippen LogP contribution in [0.2, 0.25) is 10.0 Å². The third-order valence-corrected chi connectivity index (χ3v) is 2.41. The van der Waals surface area contributed by atoms with E-state index in [2.05, 4.69) is 11.2 Å². The lowest BCUT2D eigenvalue weighted by Crippen LogP contribution is -1.80. The third kappa shape index (κ3) is 1.89. The van der Waals surface area contributed by atoms with Gasteiger partial charge in [-0.2, -0.15) is 0 Å². The first kappa shape index (κ1) is 9.50. The summed E-state index contributed by atoms with van der Waals surface area (Å²) in [6.45, 7) is 0. The van der Waals surface area contributed by atoms with Crippen LogP contribution in [0.5, 0.6) is 0 Å². The lowest BCUT2D eigenvalue weighted by Gasteiger charge is -2.03. The Morgan fingerprint density at radius 3 is 2.64 bits per heavy atom. The van der Waals surface area contributed by atoms with E-state index < -0.39 is 0 Å². The number of nitrogens with zero attached hydrogens (tertiary/aromatic N) is 1. The lowest BCUT2D eigenvalue weighted by atomic mass is 10.1. The molecule has 0 saturated heterocycles. The van der Waals surface area contributed by atoms with Gasteiger partial charge in [0, 0.05) is 21.8 Å². The van der Waals surface area contributed by atoms with Crippen molar-refractivity contribution in [2.75, 3.05) is 0 Å². The second-order valence-corrected chi connectivity index (χ2v) is 3.64. The fourth-order valence-corrected chi connectivity index (χ4v) is 1.72. The molecule has 69 valence electrons. The fourth-order valence-electron chi connectivity index (χ4n) is 1.21. The highest BCUT2D eigenvalue weighted by molar-refractivity contribution is 6.36. The average Bonchev–Trinajstić information content (AvgIpc) is 2.19. The van der Waals surface area contributed by atoms with E-state index in [9.17, 15) is 0 Å². The van der Waals surface area contributed by atoms with E-state index >= 15 is 0 Å². The minimum absolute atomic E-state index is 0.636. The molecule has 0 spiro atoms. The molecular formula is C11H6Cl2N. The van der Waals surface area contributed by atoms with Crippen molar-refractivity contribution in [2.24, 2.45) is 0 Å². The van der Waals surface area contributed by atoms with Crippen LogP contribution in [0.1, 0.15) is 0 Å². The molecule has 0 aliphatic rings. The van der Waals surface area contributed by atoms with Crippen molar-refractivity contribution in [1.29, 1.82) is 0 Å².